The minimum Gasteiger partial charge on any atom is -0.399 e. The van der Waals surface area contributed by atoms with Crippen LogP contribution in [0.2, 0.25) is 0 Å². The topological polar surface area (TPSA) is 71.2 Å². The lowest BCUT2D eigenvalue weighted by atomic mass is 10.2. The molecule has 1 aromatic carbocycles. The number of halogens is 1. The Hall–Kier alpha value is -2.08. The van der Waals surface area contributed by atoms with E-state index in [9.17, 15) is 4.79 Å². The van der Waals surface area contributed by atoms with Crippen LogP contribution in [0.4, 0.5) is 17.1 Å². The van der Waals surface area contributed by atoms with Crippen molar-refractivity contribution in [2.24, 2.45) is 0 Å². The fraction of sp³-hybridized carbons (Fsp3) is 0.143. The second-order valence-corrected chi connectivity index (χ2v) is 5.43. The minimum atomic E-state index is -0.229. The molecule has 0 aliphatic rings. The molecule has 20 heavy (non-hydrogen) atoms. The van der Waals surface area contributed by atoms with Gasteiger partial charge < -0.3 is 16.0 Å². The van der Waals surface area contributed by atoms with Crippen molar-refractivity contribution < 1.29 is 4.79 Å². The van der Waals surface area contributed by atoms with Crippen molar-refractivity contribution in [1.29, 1.82) is 0 Å². The number of anilines is 3. The second-order valence-electron chi connectivity index (χ2n) is 4.52. The Balaban J connectivity index is 2.30. The Bertz CT molecular complexity index is 643. The third-order valence-corrected chi connectivity index (χ3v) is 3.15. The smallest absolute Gasteiger partial charge is 0.257 e. The van der Waals surface area contributed by atoms with Crippen LogP contribution < -0.4 is 16.0 Å². The molecule has 0 aliphatic heterocycles. The van der Waals surface area contributed by atoms with Crippen molar-refractivity contribution in [3.63, 3.8) is 0 Å². The van der Waals surface area contributed by atoms with E-state index in [0.717, 1.165) is 10.2 Å². The maximum atomic E-state index is 12.2. The molecule has 2 rings (SSSR count). The average molecular weight is 335 g/mol. The lowest BCUT2D eigenvalue weighted by molar-refractivity contribution is 0.102. The van der Waals surface area contributed by atoms with Crippen molar-refractivity contribution in [3.05, 3.63) is 46.7 Å². The number of hydrogen-bond acceptors (Lipinski definition) is 4. The Labute approximate surface area is 125 Å². The Morgan fingerprint density at radius 1 is 1.30 bits per heavy atom. The van der Waals surface area contributed by atoms with Crippen molar-refractivity contribution in [2.45, 2.75) is 0 Å². The third kappa shape index (κ3) is 3.27. The van der Waals surface area contributed by atoms with E-state index in [0.29, 0.717) is 16.9 Å². The van der Waals surface area contributed by atoms with Gasteiger partial charge in [0.25, 0.3) is 5.91 Å². The first-order valence-corrected chi connectivity index (χ1v) is 6.75. The fourth-order valence-electron chi connectivity index (χ4n) is 1.77. The monoisotopic (exact) mass is 334 g/mol. The molecule has 3 N–H and O–H groups in total. The van der Waals surface area contributed by atoms with Crippen molar-refractivity contribution in [1.82, 2.24) is 4.98 Å². The van der Waals surface area contributed by atoms with Crippen LogP contribution in [0.15, 0.2) is 41.1 Å². The van der Waals surface area contributed by atoms with Gasteiger partial charge in [-0.05, 0) is 40.2 Å². The van der Waals surface area contributed by atoms with Gasteiger partial charge >= 0.3 is 0 Å². The molecule has 0 saturated carbocycles. The standard InChI is InChI=1S/C14H15BrN4O/c1-19(2)13-4-3-11(16)6-12(13)18-14(20)9-5-10(15)8-17-7-9/h3-8H,16H2,1-2H3,(H,18,20). The van der Waals surface area contributed by atoms with Crippen molar-refractivity contribution in [3.8, 4) is 0 Å². The van der Waals surface area contributed by atoms with Gasteiger partial charge in [-0.3, -0.25) is 9.78 Å². The van der Waals surface area contributed by atoms with Crippen LogP contribution in [0, 0.1) is 0 Å². The van der Waals surface area contributed by atoms with Crippen molar-refractivity contribution >= 4 is 38.9 Å². The zero-order valence-corrected chi connectivity index (χ0v) is 12.8. The summed E-state index contributed by atoms with van der Waals surface area (Å²) in [4.78, 5) is 18.1. The van der Waals surface area contributed by atoms with Crippen LogP contribution in [-0.2, 0) is 0 Å². The molecule has 1 heterocycles. The summed E-state index contributed by atoms with van der Waals surface area (Å²) in [5.41, 5.74) is 8.40. The molecule has 0 aliphatic carbocycles. The number of rotatable bonds is 3. The molecular formula is C14H15BrN4O. The number of amides is 1. The SMILES string of the molecule is CN(C)c1ccc(N)cc1NC(=O)c1cncc(Br)c1. The summed E-state index contributed by atoms with van der Waals surface area (Å²) < 4.78 is 0.755. The first-order chi connectivity index (χ1) is 9.47. The highest BCUT2D eigenvalue weighted by Crippen LogP contribution is 2.27. The van der Waals surface area contributed by atoms with Crippen LogP contribution in [0.5, 0.6) is 0 Å². The number of benzene rings is 1. The van der Waals surface area contributed by atoms with Crippen molar-refractivity contribution in [2.75, 3.05) is 30.0 Å². The van der Waals surface area contributed by atoms with Crippen LogP contribution in [0.1, 0.15) is 10.4 Å². The lowest BCUT2D eigenvalue weighted by Crippen LogP contribution is -2.17. The highest BCUT2D eigenvalue weighted by Gasteiger charge is 2.11. The average Bonchev–Trinajstić information content (AvgIpc) is 2.38. The summed E-state index contributed by atoms with van der Waals surface area (Å²) >= 11 is 3.29. The molecule has 0 spiro atoms. The van der Waals surface area contributed by atoms with E-state index in [4.69, 9.17) is 5.73 Å². The molecule has 0 bridgehead atoms. The summed E-state index contributed by atoms with van der Waals surface area (Å²) in [7, 11) is 3.81. The molecule has 0 radical (unpaired) electrons. The van der Waals surface area contributed by atoms with Crippen LogP contribution in [0.25, 0.3) is 0 Å². The zero-order valence-electron chi connectivity index (χ0n) is 11.2. The Kier molecular flexibility index (Phi) is 4.24. The number of carbonyl (C=O) groups excluding carboxylic acids is 1. The highest BCUT2D eigenvalue weighted by molar-refractivity contribution is 9.10. The number of nitrogens with one attached hydrogen (secondary N) is 1. The Morgan fingerprint density at radius 3 is 2.70 bits per heavy atom. The molecule has 0 saturated heterocycles. The van der Waals surface area contributed by atoms with Crippen LogP contribution in [0.3, 0.4) is 0 Å². The number of nitrogens with two attached hydrogens (primary N) is 1. The van der Waals surface area contributed by atoms with Gasteiger partial charge in [0.15, 0.2) is 0 Å². The van der Waals surface area contributed by atoms with E-state index < -0.39 is 0 Å². The van der Waals surface area contributed by atoms with Gasteiger partial charge in [-0.15, -0.1) is 0 Å². The third-order valence-electron chi connectivity index (χ3n) is 2.72. The minimum absolute atomic E-state index is 0.229. The summed E-state index contributed by atoms with van der Waals surface area (Å²) in [6.45, 7) is 0. The van der Waals surface area contributed by atoms with Gasteiger partial charge in [-0.2, -0.15) is 0 Å². The number of hydrogen-bond donors (Lipinski definition) is 2. The van der Waals surface area contributed by atoms with E-state index in [-0.39, 0.29) is 5.91 Å². The predicted octanol–water partition coefficient (Wildman–Crippen LogP) is 2.74. The van der Waals surface area contributed by atoms with E-state index in [1.807, 2.05) is 25.1 Å². The molecule has 1 amide bonds. The maximum absolute atomic E-state index is 12.2. The summed E-state index contributed by atoms with van der Waals surface area (Å²) in [6, 6.07) is 7.11. The number of carbonyl (C=O) groups is 1. The van der Waals surface area contributed by atoms with E-state index in [1.54, 1.807) is 24.4 Å². The van der Waals surface area contributed by atoms with Crippen LogP contribution >= 0.6 is 15.9 Å². The van der Waals surface area contributed by atoms with Gasteiger partial charge in [-0.1, -0.05) is 0 Å². The normalized spacial score (nSPS) is 10.2. The molecule has 0 unspecified atom stereocenters. The molecule has 0 fully saturated rings. The number of nitrogen functional groups attached to an aromatic ring is 1. The van der Waals surface area contributed by atoms with Gasteiger partial charge in [0.1, 0.15) is 0 Å². The largest absolute Gasteiger partial charge is 0.399 e. The van der Waals surface area contributed by atoms with E-state index in [1.165, 1.54) is 6.20 Å². The van der Waals surface area contributed by atoms with E-state index >= 15 is 0 Å². The summed E-state index contributed by atoms with van der Waals surface area (Å²) in [6.07, 6.45) is 3.14. The molecule has 6 heteroatoms. The van der Waals surface area contributed by atoms with Gasteiger partial charge in [0.05, 0.1) is 16.9 Å². The number of aromatic nitrogens is 1. The summed E-state index contributed by atoms with van der Waals surface area (Å²) in [5, 5.41) is 2.85. The van der Waals surface area contributed by atoms with Gasteiger partial charge in [0.2, 0.25) is 0 Å². The van der Waals surface area contributed by atoms with Crippen LogP contribution in [-0.4, -0.2) is 25.0 Å². The molecule has 2 aromatic rings. The number of nitrogens with zero attached hydrogens (tertiary/aromatic N) is 2. The molecule has 0 atom stereocenters. The molecular weight excluding hydrogens is 320 g/mol. The highest BCUT2D eigenvalue weighted by atomic mass is 79.9. The first kappa shape index (κ1) is 14.3. The molecule has 104 valence electrons. The second kappa shape index (κ2) is 5.92. The fourth-order valence-corrected chi connectivity index (χ4v) is 2.14. The van der Waals surface area contributed by atoms with E-state index in [2.05, 4.69) is 26.2 Å². The zero-order chi connectivity index (χ0) is 14.7. The summed E-state index contributed by atoms with van der Waals surface area (Å²) in [5.74, 6) is -0.229. The lowest BCUT2D eigenvalue weighted by Gasteiger charge is -2.18. The maximum Gasteiger partial charge on any atom is 0.257 e. The molecule has 1 aromatic heterocycles. The quantitative estimate of drug-likeness (QED) is 0.846. The van der Waals surface area contributed by atoms with Gasteiger partial charge in [0, 0.05) is 36.6 Å². The predicted molar refractivity (Wildman–Crippen MR) is 85.1 cm³/mol. The Morgan fingerprint density at radius 2 is 2.05 bits per heavy atom. The van der Waals surface area contributed by atoms with Gasteiger partial charge in [-0.25, -0.2) is 0 Å². The first-order valence-electron chi connectivity index (χ1n) is 5.96. The number of pyridine rings is 1. The molecule has 5 nitrogen and oxygen atoms in total.